The van der Waals surface area contributed by atoms with Gasteiger partial charge >= 0.3 is 0 Å². The van der Waals surface area contributed by atoms with E-state index in [1.165, 1.54) is 0 Å². The van der Waals surface area contributed by atoms with Gasteiger partial charge in [0.05, 0.1) is 23.4 Å². The van der Waals surface area contributed by atoms with Gasteiger partial charge in [-0.15, -0.1) is 0 Å². The number of hydrogen-bond donors (Lipinski definition) is 1. The van der Waals surface area contributed by atoms with Crippen molar-refractivity contribution in [3.8, 4) is 0 Å². The summed E-state index contributed by atoms with van der Waals surface area (Å²) in [6.07, 6.45) is 8.46. The van der Waals surface area contributed by atoms with Crippen LogP contribution < -0.4 is 5.73 Å². The predicted octanol–water partition coefficient (Wildman–Crippen LogP) is 4.57. The maximum atomic E-state index is 11.7. The Labute approximate surface area is 168 Å². The number of carbonyl (C=O) groups excluding carboxylic acids is 1. The highest BCUT2D eigenvalue weighted by atomic mass is 35.5. The van der Waals surface area contributed by atoms with E-state index < -0.39 is 11.9 Å². The van der Waals surface area contributed by atoms with Crippen LogP contribution in [-0.2, 0) is 4.79 Å². The van der Waals surface area contributed by atoms with E-state index in [1.54, 1.807) is 0 Å². The molecule has 1 amide bonds. The van der Waals surface area contributed by atoms with Crippen molar-refractivity contribution in [1.29, 1.82) is 0 Å². The van der Waals surface area contributed by atoms with Gasteiger partial charge in [0.1, 0.15) is 6.04 Å². The minimum absolute atomic E-state index is 0.0448. The topological polar surface area (TPSA) is 81.5 Å². The average molecular weight is 394 g/mol. The van der Waals surface area contributed by atoms with Crippen LogP contribution in [0, 0.1) is 12.8 Å². The molecular weight excluding hydrogens is 374 g/mol. The van der Waals surface area contributed by atoms with E-state index in [-0.39, 0.29) is 12.3 Å². The summed E-state index contributed by atoms with van der Waals surface area (Å²) in [4.78, 5) is 16.6. The molecule has 2 unspecified atom stereocenters. The minimum Gasteiger partial charge on any atom is -0.370 e. The number of allylic oxidation sites excluding steroid dienone is 6. The second-order valence-electron chi connectivity index (χ2n) is 7.08. The number of benzene rings is 1. The van der Waals surface area contributed by atoms with Gasteiger partial charge in [-0.3, -0.25) is 9.79 Å². The first-order chi connectivity index (χ1) is 13.4. The molecule has 4 rings (SSSR count). The van der Waals surface area contributed by atoms with Crippen molar-refractivity contribution in [2.45, 2.75) is 26.3 Å². The number of primary amides is 1. The van der Waals surface area contributed by atoms with Gasteiger partial charge in [-0.25, -0.2) is 0 Å². The van der Waals surface area contributed by atoms with Gasteiger partial charge in [-0.1, -0.05) is 60.1 Å². The van der Waals surface area contributed by atoms with E-state index >= 15 is 0 Å². The molecule has 1 aromatic heterocycles. The van der Waals surface area contributed by atoms with Crippen molar-refractivity contribution in [2.24, 2.45) is 16.6 Å². The second-order valence-corrected chi connectivity index (χ2v) is 7.52. The molecule has 5 nitrogen and oxygen atoms in total. The molecule has 6 heteroatoms. The number of halogens is 1. The van der Waals surface area contributed by atoms with Crippen molar-refractivity contribution in [2.75, 3.05) is 0 Å². The Bertz CT molecular complexity index is 1060. The zero-order valence-electron chi connectivity index (χ0n) is 15.6. The normalized spacial score (nSPS) is 20.9. The van der Waals surface area contributed by atoms with Crippen LogP contribution in [0.15, 0.2) is 63.7 Å². The fourth-order valence-corrected chi connectivity index (χ4v) is 3.68. The Morgan fingerprint density at radius 2 is 1.86 bits per heavy atom. The summed E-state index contributed by atoms with van der Waals surface area (Å²) < 4.78 is 5.62. The van der Waals surface area contributed by atoms with Gasteiger partial charge in [-0.05, 0) is 30.5 Å². The van der Waals surface area contributed by atoms with E-state index in [0.717, 1.165) is 33.7 Å². The zero-order chi connectivity index (χ0) is 19.8. The van der Waals surface area contributed by atoms with Gasteiger partial charge in [0, 0.05) is 16.2 Å². The number of nitrogens with zero attached hydrogens (tertiary/aromatic N) is 2. The smallest absolute Gasteiger partial charge is 0.220 e. The summed E-state index contributed by atoms with van der Waals surface area (Å²) in [5.41, 5.74) is 10.8. The quantitative estimate of drug-likeness (QED) is 0.829. The van der Waals surface area contributed by atoms with Gasteiger partial charge in [0.15, 0.2) is 5.76 Å². The number of fused-ring (bicyclic) bond motifs is 2. The monoisotopic (exact) mass is 393 g/mol. The maximum Gasteiger partial charge on any atom is 0.220 e. The molecule has 2 aromatic rings. The van der Waals surface area contributed by atoms with Crippen molar-refractivity contribution in [3.05, 3.63) is 81.7 Å². The molecule has 2 heterocycles. The summed E-state index contributed by atoms with van der Waals surface area (Å²) >= 11 is 6.08. The third kappa shape index (κ3) is 3.34. The van der Waals surface area contributed by atoms with E-state index in [0.29, 0.717) is 10.8 Å². The average Bonchev–Trinajstić information content (AvgIpc) is 2.85. The van der Waals surface area contributed by atoms with Crippen LogP contribution in [0.5, 0.6) is 0 Å². The highest BCUT2D eigenvalue weighted by Gasteiger charge is 2.31. The summed E-state index contributed by atoms with van der Waals surface area (Å²) in [6, 6.07) is 6.98. The maximum absolute atomic E-state index is 11.7. The van der Waals surface area contributed by atoms with Crippen LogP contribution >= 0.6 is 11.6 Å². The molecular formula is C22H20ClN3O2. The molecule has 0 spiro atoms. The van der Waals surface area contributed by atoms with Crippen LogP contribution in [0.2, 0.25) is 5.02 Å². The number of hydrogen-bond acceptors (Lipinski definition) is 4. The van der Waals surface area contributed by atoms with E-state index in [9.17, 15) is 4.79 Å². The van der Waals surface area contributed by atoms with Crippen molar-refractivity contribution in [1.82, 2.24) is 5.16 Å². The van der Waals surface area contributed by atoms with Gasteiger partial charge in [0.2, 0.25) is 5.91 Å². The molecule has 0 saturated heterocycles. The molecule has 0 bridgehead atoms. The molecule has 1 aliphatic carbocycles. The highest BCUT2D eigenvalue weighted by Crippen LogP contribution is 2.40. The highest BCUT2D eigenvalue weighted by molar-refractivity contribution is 6.31. The molecule has 1 aliphatic heterocycles. The van der Waals surface area contributed by atoms with Crippen molar-refractivity contribution < 1.29 is 9.32 Å². The first-order valence-electron chi connectivity index (χ1n) is 9.13. The van der Waals surface area contributed by atoms with Crippen LogP contribution in [0.25, 0.3) is 5.57 Å². The van der Waals surface area contributed by atoms with Gasteiger partial charge in [-0.2, -0.15) is 0 Å². The Kier molecular flexibility index (Phi) is 4.77. The van der Waals surface area contributed by atoms with Crippen LogP contribution in [0.3, 0.4) is 0 Å². The summed E-state index contributed by atoms with van der Waals surface area (Å²) in [5, 5.41) is 4.79. The predicted molar refractivity (Wildman–Crippen MR) is 110 cm³/mol. The molecule has 28 heavy (non-hydrogen) atoms. The standard InChI is InChI=1S/C22H20ClN3O2/c1-12-3-9-16-17(10-4-12)21(14-5-7-15(23)8-6-14)25-18(11-19(24)27)22-20(16)13(2)26-28-22/h3-10,12,18H,11H2,1-2H3,(H2,24,27). The van der Waals surface area contributed by atoms with Crippen LogP contribution in [0.1, 0.15) is 42.0 Å². The molecule has 1 aromatic carbocycles. The lowest BCUT2D eigenvalue weighted by Gasteiger charge is -2.12. The third-order valence-electron chi connectivity index (χ3n) is 4.94. The fourth-order valence-electron chi connectivity index (χ4n) is 3.56. The second kappa shape index (κ2) is 7.24. The van der Waals surface area contributed by atoms with Crippen molar-refractivity contribution in [3.63, 3.8) is 0 Å². The molecule has 2 atom stereocenters. The summed E-state index contributed by atoms with van der Waals surface area (Å²) in [7, 11) is 0. The van der Waals surface area contributed by atoms with Crippen LogP contribution in [0.4, 0.5) is 0 Å². The Balaban J connectivity index is 2.00. The largest absolute Gasteiger partial charge is 0.370 e. The van der Waals surface area contributed by atoms with E-state index in [1.807, 2.05) is 31.2 Å². The lowest BCUT2D eigenvalue weighted by molar-refractivity contribution is -0.118. The van der Waals surface area contributed by atoms with Crippen LogP contribution in [-0.4, -0.2) is 16.8 Å². The van der Waals surface area contributed by atoms with Gasteiger partial charge in [0.25, 0.3) is 0 Å². The molecule has 2 N–H and O–H groups in total. The SMILES string of the molecule is Cc1noc2c1C1=C(C=CC(C)C=C1)C(c1ccc(Cl)cc1)=NC2CC(N)=O. The van der Waals surface area contributed by atoms with Gasteiger partial charge < -0.3 is 10.3 Å². The Hall–Kier alpha value is -2.92. The number of nitrogens with two attached hydrogens (primary N) is 1. The Morgan fingerprint density at radius 1 is 1.18 bits per heavy atom. The number of aromatic nitrogens is 1. The fraction of sp³-hybridized carbons (Fsp3) is 0.227. The lowest BCUT2D eigenvalue weighted by atomic mass is 9.93. The molecule has 0 radical (unpaired) electrons. The molecule has 2 aliphatic rings. The third-order valence-corrected chi connectivity index (χ3v) is 5.19. The van der Waals surface area contributed by atoms with E-state index in [2.05, 4.69) is 36.4 Å². The van der Waals surface area contributed by atoms with E-state index in [4.69, 9.17) is 26.9 Å². The summed E-state index contributed by atoms with van der Waals surface area (Å²) in [6.45, 7) is 4.02. The number of aryl methyl sites for hydroxylation is 1. The zero-order valence-corrected chi connectivity index (χ0v) is 16.4. The number of rotatable bonds is 3. The first-order valence-corrected chi connectivity index (χ1v) is 9.51. The summed E-state index contributed by atoms with van der Waals surface area (Å²) in [5.74, 6) is 0.407. The van der Waals surface area contributed by atoms with Crippen molar-refractivity contribution >= 4 is 28.8 Å². The molecule has 0 saturated carbocycles. The molecule has 0 fully saturated rings. The minimum atomic E-state index is -0.537. The molecule has 142 valence electrons. The number of amides is 1. The first kappa shape index (κ1) is 18.4. The lowest BCUT2D eigenvalue weighted by Crippen LogP contribution is -2.15. The number of aliphatic imine (C=N–C) groups is 1. The number of carbonyl (C=O) groups is 1. The Morgan fingerprint density at radius 3 is 2.54 bits per heavy atom.